The average molecular weight is 354 g/mol. The molecule has 0 spiro atoms. The highest BCUT2D eigenvalue weighted by Gasteiger charge is 2.41. The highest BCUT2D eigenvalue weighted by Crippen LogP contribution is 2.33. The van der Waals surface area contributed by atoms with Crippen LogP contribution in [0.15, 0.2) is 42.7 Å². The van der Waals surface area contributed by atoms with E-state index in [1.54, 1.807) is 35.2 Å². The van der Waals surface area contributed by atoms with Gasteiger partial charge in [-0.2, -0.15) is 0 Å². The van der Waals surface area contributed by atoms with E-state index in [1.807, 2.05) is 26.0 Å². The molecule has 0 bridgehead atoms. The van der Waals surface area contributed by atoms with Gasteiger partial charge < -0.3 is 4.57 Å². The fraction of sp³-hybridized carbons (Fsp3) is 0.211. The number of rotatable bonds is 2. The Morgan fingerprint density at radius 2 is 1.88 bits per heavy atom. The lowest BCUT2D eigenvalue weighted by Gasteiger charge is -2.16. The summed E-state index contributed by atoms with van der Waals surface area (Å²) in [6, 6.07) is 10.2. The maximum Gasteiger partial charge on any atom is 0.257 e. The van der Waals surface area contributed by atoms with Crippen LogP contribution in [0.5, 0.6) is 0 Å². The van der Waals surface area contributed by atoms with Crippen molar-refractivity contribution in [1.82, 2.24) is 9.55 Å². The zero-order valence-electron chi connectivity index (χ0n) is 13.9. The number of aromatic nitrogens is 2. The molecule has 0 radical (unpaired) electrons. The number of halogens is 1. The van der Waals surface area contributed by atoms with Crippen molar-refractivity contribution < 1.29 is 9.59 Å². The highest BCUT2D eigenvalue weighted by atomic mass is 35.5. The largest absolute Gasteiger partial charge is 0.317 e. The van der Waals surface area contributed by atoms with Crippen LogP contribution in [0.2, 0.25) is 5.02 Å². The summed E-state index contributed by atoms with van der Waals surface area (Å²) in [7, 11) is 0. The number of aryl methyl sites for hydroxylation is 2. The summed E-state index contributed by atoms with van der Waals surface area (Å²) in [6.07, 6.45) is 1.75. The van der Waals surface area contributed by atoms with E-state index in [4.69, 9.17) is 11.6 Å². The van der Waals surface area contributed by atoms with Crippen molar-refractivity contribution in [1.29, 1.82) is 0 Å². The molecule has 4 rings (SSSR count). The molecule has 0 aliphatic carbocycles. The van der Waals surface area contributed by atoms with Gasteiger partial charge in [-0.05, 0) is 55.3 Å². The second-order valence-electron chi connectivity index (χ2n) is 6.34. The molecule has 1 aromatic heterocycles. The lowest BCUT2D eigenvalue weighted by Crippen LogP contribution is -2.31. The number of benzene rings is 2. The number of carbonyl (C=O) groups is 2. The van der Waals surface area contributed by atoms with E-state index in [9.17, 15) is 9.59 Å². The Labute approximate surface area is 149 Å². The summed E-state index contributed by atoms with van der Waals surface area (Å²) in [6.45, 7) is 4.05. The van der Waals surface area contributed by atoms with E-state index in [0.717, 1.165) is 22.2 Å². The molecule has 1 aliphatic rings. The lowest BCUT2D eigenvalue weighted by molar-refractivity contribution is -0.122. The summed E-state index contributed by atoms with van der Waals surface area (Å²) in [5, 5.41) is 0.487. The van der Waals surface area contributed by atoms with Gasteiger partial charge in [-0.1, -0.05) is 17.7 Å². The molecule has 1 atom stereocenters. The van der Waals surface area contributed by atoms with E-state index < -0.39 is 6.04 Å². The first-order chi connectivity index (χ1) is 12.0. The Hall–Kier alpha value is -2.66. The van der Waals surface area contributed by atoms with Gasteiger partial charge in [-0.25, -0.2) is 9.88 Å². The van der Waals surface area contributed by atoms with Gasteiger partial charge in [0.25, 0.3) is 5.91 Å². The highest BCUT2D eigenvalue weighted by molar-refractivity contribution is 6.31. The number of imide groups is 1. The van der Waals surface area contributed by atoms with Crippen molar-refractivity contribution in [3.05, 3.63) is 58.9 Å². The first-order valence-corrected chi connectivity index (χ1v) is 8.39. The summed E-state index contributed by atoms with van der Waals surface area (Å²) < 4.78 is 1.80. The SMILES string of the molecule is Cc1cc2ncn(C3CC(=O)N(c4cccc(Cl)c4)C3=O)c2cc1C. The minimum Gasteiger partial charge on any atom is -0.317 e. The number of anilines is 1. The number of fused-ring (bicyclic) bond motifs is 1. The van der Waals surface area contributed by atoms with Gasteiger partial charge in [0.15, 0.2) is 0 Å². The molecule has 5 nitrogen and oxygen atoms in total. The third-order valence-corrected chi connectivity index (χ3v) is 4.95. The molecule has 2 amide bonds. The quantitative estimate of drug-likeness (QED) is 0.658. The summed E-state index contributed by atoms with van der Waals surface area (Å²) >= 11 is 6.00. The zero-order chi connectivity index (χ0) is 17.7. The minimum absolute atomic E-state index is 0.115. The van der Waals surface area contributed by atoms with Gasteiger partial charge in [0, 0.05) is 5.02 Å². The van der Waals surface area contributed by atoms with Crippen LogP contribution in [0.1, 0.15) is 23.6 Å². The predicted octanol–water partition coefficient (Wildman–Crippen LogP) is 3.81. The molecule has 126 valence electrons. The monoisotopic (exact) mass is 353 g/mol. The zero-order valence-corrected chi connectivity index (χ0v) is 14.6. The van der Waals surface area contributed by atoms with Crippen LogP contribution in [-0.4, -0.2) is 21.4 Å². The predicted molar refractivity (Wildman–Crippen MR) is 96.8 cm³/mol. The van der Waals surface area contributed by atoms with Crippen molar-refractivity contribution in [3.8, 4) is 0 Å². The van der Waals surface area contributed by atoms with Gasteiger partial charge in [-0.15, -0.1) is 0 Å². The first-order valence-electron chi connectivity index (χ1n) is 8.02. The maximum absolute atomic E-state index is 12.9. The van der Waals surface area contributed by atoms with Crippen molar-refractivity contribution in [3.63, 3.8) is 0 Å². The molecule has 1 saturated heterocycles. The molecule has 6 heteroatoms. The van der Waals surface area contributed by atoms with Crippen LogP contribution in [0.3, 0.4) is 0 Å². The first kappa shape index (κ1) is 15.8. The molecule has 1 unspecified atom stereocenters. The fourth-order valence-electron chi connectivity index (χ4n) is 3.25. The van der Waals surface area contributed by atoms with Crippen LogP contribution in [0.25, 0.3) is 11.0 Å². The standard InChI is InChI=1S/C19H16ClN3O2/c1-11-6-15-16(7-12(11)2)22(10-21-15)17-9-18(24)23(19(17)25)14-5-3-4-13(20)8-14/h3-8,10,17H,9H2,1-2H3. The Bertz CT molecular complexity index is 1020. The second-order valence-corrected chi connectivity index (χ2v) is 6.78. The molecule has 1 aliphatic heterocycles. The molecule has 3 aromatic rings. The Morgan fingerprint density at radius 1 is 1.12 bits per heavy atom. The molecular formula is C19H16ClN3O2. The summed E-state index contributed by atoms with van der Waals surface area (Å²) in [4.78, 5) is 31.0. The molecular weight excluding hydrogens is 338 g/mol. The number of hydrogen-bond donors (Lipinski definition) is 0. The second kappa shape index (κ2) is 5.70. The topological polar surface area (TPSA) is 55.2 Å². The third-order valence-electron chi connectivity index (χ3n) is 4.72. The fourth-order valence-corrected chi connectivity index (χ4v) is 3.44. The van der Waals surface area contributed by atoms with E-state index >= 15 is 0 Å². The Morgan fingerprint density at radius 3 is 2.64 bits per heavy atom. The number of carbonyl (C=O) groups excluding carboxylic acids is 2. The van der Waals surface area contributed by atoms with Gasteiger partial charge in [0.2, 0.25) is 5.91 Å². The number of hydrogen-bond acceptors (Lipinski definition) is 3. The summed E-state index contributed by atoms with van der Waals surface area (Å²) in [5.41, 5.74) is 4.46. The molecule has 0 saturated carbocycles. The van der Waals surface area contributed by atoms with Crippen LogP contribution in [0, 0.1) is 13.8 Å². The lowest BCUT2D eigenvalue weighted by atomic mass is 10.1. The van der Waals surface area contributed by atoms with E-state index in [-0.39, 0.29) is 18.2 Å². The summed E-state index contributed by atoms with van der Waals surface area (Å²) in [5.74, 6) is -0.493. The Kier molecular flexibility index (Phi) is 3.62. The van der Waals surface area contributed by atoms with Crippen LogP contribution < -0.4 is 4.90 Å². The minimum atomic E-state index is -0.585. The van der Waals surface area contributed by atoms with Gasteiger partial charge in [0.1, 0.15) is 6.04 Å². The van der Waals surface area contributed by atoms with E-state index in [1.165, 1.54) is 4.90 Å². The third kappa shape index (κ3) is 2.51. The van der Waals surface area contributed by atoms with Gasteiger partial charge in [0.05, 0.1) is 29.5 Å². The van der Waals surface area contributed by atoms with Crippen molar-refractivity contribution in [2.45, 2.75) is 26.3 Å². The number of imidazole rings is 1. The van der Waals surface area contributed by atoms with Crippen LogP contribution in [-0.2, 0) is 9.59 Å². The molecule has 0 N–H and O–H groups in total. The average Bonchev–Trinajstić information content (AvgIpc) is 3.08. The smallest absolute Gasteiger partial charge is 0.257 e. The molecule has 25 heavy (non-hydrogen) atoms. The van der Waals surface area contributed by atoms with E-state index in [2.05, 4.69) is 4.98 Å². The van der Waals surface area contributed by atoms with Crippen LogP contribution in [0.4, 0.5) is 5.69 Å². The molecule has 2 heterocycles. The van der Waals surface area contributed by atoms with Gasteiger partial charge in [-0.3, -0.25) is 9.59 Å². The van der Waals surface area contributed by atoms with Crippen LogP contribution >= 0.6 is 11.6 Å². The Balaban J connectivity index is 1.77. The van der Waals surface area contributed by atoms with Crippen molar-refractivity contribution in [2.75, 3.05) is 4.90 Å². The molecule has 2 aromatic carbocycles. The van der Waals surface area contributed by atoms with Gasteiger partial charge >= 0.3 is 0 Å². The maximum atomic E-state index is 12.9. The molecule has 1 fully saturated rings. The number of nitrogens with zero attached hydrogens (tertiary/aromatic N) is 3. The van der Waals surface area contributed by atoms with E-state index in [0.29, 0.717) is 10.7 Å². The normalized spacial score (nSPS) is 17.7. The van der Waals surface area contributed by atoms with Crippen molar-refractivity contribution in [2.24, 2.45) is 0 Å². The number of amides is 2. The van der Waals surface area contributed by atoms with Crippen molar-refractivity contribution >= 4 is 40.1 Å².